The summed E-state index contributed by atoms with van der Waals surface area (Å²) in [4.78, 5) is 25.1. The third kappa shape index (κ3) is 8.97. The van der Waals surface area contributed by atoms with Crippen molar-refractivity contribution in [2.45, 2.75) is 12.8 Å². The Labute approximate surface area is 451 Å². The van der Waals surface area contributed by atoms with Gasteiger partial charge in [-0.2, -0.15) is 0 Å². The van der Waals surface area contributed by atoms with Gasteiger partial charge in [0.15, 0.2) is 11.2 Å². The van der Waals surface area contributed by atoms with Crippen molar-refractivity contribution in [2.75, 3.05) is 9.80 Å². The maximum absolute atomic E-state index is 6.30. The Kier molecular flexibility index (Phi) is 11.8. The standard InChI is InChI=1S/C70H48N6O2/c1-5-15-47(16-6-1)53-33-43-65-63(45-53)73-69(77-65)51-29-39-59(40-30-51)75(55-19-9-3-10-20-55)57-35-25-49(26-36-57)67-68(72-62-24-14-13-23-61(62)71-67)50-27-37-58(38-28-50)76(56-21-11-4-12-22-56)60-41-31-52(32-42-60)70-74-64-46-54(34-44-66(64)78-70)48-17-7-2-8-18-48/h1-27,29-37,39-46H,28,38H2. The number of hydrogen-bond acceptors (Lipinski definition) is 8. The molecule has 0 saturated heterocycles. The van der Waals surface area contributed by atoms with Crippen LogP contribution in [0.3, 0.4) is 0 Å². The number of fused-ring (bicyclic) bond motifs is 3. The van der Waals surface area contributed by atoms with E-state index in [4.69, 9.17) is 28.8 Å². The second kappa shape index (κ2) is 20.0. The number of hydrogen-bond donors (Lipinski definition) is 0. The van der Waals surface area contributed by atoms with E-state index in [1.807, 2.05) is 66.7 Å². The lowest BCUT2D eigenvalue weighted by molar-refractivity contribution is 0.619. The van der Waals surface area contributed by atoms with Crippen molar-refractivity contribution in [3.8, 4) is 56.4 Å². The Bertz CT molecular complexity index is 4340. The zero-order valence-corrected chi connectivity index (χ0v) is 42.3. The molecule has 0 amide bonds. The van der Waals surface area contributed by atoms with Crippen LogP contribution in [0, 0.1) is 0 Å². The van der Waals surface area contributed by atoms with Gasteiger partial charge in [-0.05, 0) is 168 Å². The molecule has 0 saturated carbocycles. The molecule has 10 aromatic carbocycles. The van der Waals surface area contributed by atoms with Crippen LogP contribution in [0.2, 0.25) is 0 Å². The molecule has 14 rings (SSSR count). The van der Waals surface area contributed by atoms with E-state index in [9.17, 15) is 0 Å². The zero-order chi connectivity index (χ0) is 51.8. The van der Waals surface area contributed by atoms with E-state index in [0.29, 0.717) is 11.8 Å². The van der Waals surface area contributed by atoms with Crippen molar-refractivity contribution in [3.63, 3.8) is 0 Å². The first-order valence-electron chi connectivity index (χ1n) is 26.2. The highest BCUT2D eigenvalue weighted by atomic mass is 16.4. The minimum absolute atomic E-state index is 0.583. The monoisotopic (exact) mass is 1000 g/mol. The molecule has 78 heavy (non-hydrogen) atoms. The molecule has 0 N–H and O–H groups in total. The van der Waals surface area contributed by atoms with E-state index in [0.717, 1.165) is 130 Å². The summed E-state index contributed by atoms with van der Waals surface area (Å²) in [6.07, 6.45) is 6.03. The first-order chi connectivity index (χ1) is 38.6. The van der Waals surface area contributed by atoms with Crippen molar-refractivity contribution in [3.05, 3.63) is 278 Å². The van der Waals surface area contributed by atoms with Gasteiger partial charge >= 0.3 is 0 Å². The van der Waals surface area contributed by atoms with Crippen LogP contribution in [0.4, 0.5) is 28.4 Å². The molecule has 370 valence electrons. The number of para-hydroxylation sites is 4. The molecule has 0 atom stereocenters. The first-order valence-corrected chi connectivity index (χ1v) is 26.2. The average Bonchev–Trinajstić information content (AvgIpc) is 4.25. The van der Waals surface area contributed by atoms with E-state index in [2.05, 4.69) is 210 Å². The molecule has 0 aliphatic heterocycles. The van der Waals surface area contributed by atoms with Gasteiger partial charge in [0.2, 0.25) is 11.8 Å². The molecule has 0 fully saturated rings. The molecule has 0 spiro atoms. The Hall–Kier alpha value is -10.4. The fraction of sp³-hybridized carbons (Fsp3) is 0.0286. The van der Waals surface area contributed by atoms with Crippen molar-refractivity contribution < 1.29 is 8.83 Å². The maximum atomic E-state index is 6.30. The summed E-state index contributed by atoms with van der Waals surface area (Å²) in [7, 11) is 0. The van der Waals surface area contributed by atoms with Gasteiger partial charge in [-0.15, -0.1) is 0 Å². The highest BCUT2D eigenvalue weighted by Gasteiger charge is 2.23. The molecule has 13 aromatic rings. The number of oxazole rings is 2. The molecule has 0 unspecified atom stereocenters. The van der Waals surface area contributed by atoms with E-state index < -0.39 is 0 Å². The quantitative estimate of drug-likeness (QED) is 0.120. The Morgan fingerprint density at radius 3 is 1.15 bits per heavy atom. The largest absolute Gasteiger partial charge is 0.436 e. The van der Waals surface area contributed by atoms with Crippen LogP contribution >= 0.6 is 0 Å². The fourth-order valence-corrected chi connectivity index (χ4v) is 10.5. The van der Waals surface area contributed by atoms with Gasteiger partial charge < -0.3 is 18.6 Å². The third-order valence-corrected chi connectivity index (χ3v) is 14.5. The molecule has 8 nitrogen and oxygen atoms in total. The topological polar surface area (TPSA) is 84.3 Å². The molecule has 0 bridgehead atoms. The maximum Gasteiger partial charge on any atom is 0.227 e. The molecule has 1 aliphatic rings. The Morgan fingerprint density at radius 1 is 0.282 bits per heavy atom. The summed E-state index contributed by atoms with van der Waals surface area (Å²) in [5.41, 5.74) is 21.4. The lowest BCUT2D eigenvalue weighted by Crippen LogP contribution is -2.18. The first kappa shape index (κ1) is 46.1. The predicted molar refractivity (Wildman–Crippen MR) is 317 cm³/mol. The molecular formula is C70H48N6O2. The van der Waals surface area contributed by atoms with Gasteiger partial charge in [-0.1, -0.05) is 140 Å². The van der Waals surface area contributed by atoms with Crippen LogP contribution in [0.1, 0.15) is 18.5 Å². The van der Waals surface area contributed by atoms with Crippen LogP contribution in [-0.4, -0.2) is 19.9 Å². The van der Waals surface area contributed by atoms with Gasteiger partial charge in [0, 0.05) is 50.8 Å². The predicted octanol–water partition coefficient (Wildman–Crippen LogP) is 18.6. The van der Waals surface area contributed by atoms with Gasteiger partial charge in [0.05, 0.1) is 22.4 Å². The van der Waals surface area contributed by atoms with Crippen molar-refractivity contribution in [1.82, 2.24) is 19.9 Å². The van der Waals surface area contributed by atoms with Crippen LogP contribution in [0.25, 0.3) is 95.2 Å². The Balaban J connectivity index is 0.762. The SMILES string of the molecule is C1=C(c2nc3ccccc3nc2-c2ccc(N(c3ccccc3)c3ccc(-c4nc5cc(-c6ccccc6)ccc5o4)cc3)cc2)CCC(N(c2ccccc2)c2ccc(-c3nc4cc(-c5ccccc5)ccc4o3)cc2)=C1. The number of rotatable bonds is 12. The van der Waals surface area contributed by atoms with Crippen LogP contribution in [0.5, 0.6) is 0 Å². The minimum Gasteiger partial charge on any atom is -0.436 e. The molecule has 1 aliphatic carbocycles. The number of anilines is 5. The highest BCUT2D eigenvalue weighted by Crippen LogP contribution is 2.42. The summed E-state index contributed by atoms with van der Waals surface area (Å²) in [6, 6.07) is 87.7. The number of benzene rings is 10. The van der Waals surface area contributed by atoms with Crippen molar-refractivity contribution in [2.24, 2.45) is 0 Å². The minimum atomic E-state index is 0.583. The Morgan fingerprint density at radius 2 is 0.679 bits per heavy atom. The lowest BCUT2D eigenvalue weighted by Gasteiger charge is -2.30. The van der Waals surface area contributed by atoms with Crippen LogP contribution < -0.4 is 9.80 Å². The second-order valence-corrected chi connectivity index (χ2v) is 19.4. The summed E-state index contributed by atoms with van der Waals surface area (Å²) in [5.74, 6) is 1.18. The van der Waals surface area contributed by atoms with Crippen LogP contribution in [-0.2, 0) is 0 Å². The fourth-order valence-electron chi connectivity index (χ4n) is 10.5. The van der Waals surface area contributed by atoms with Crippen LogP contribution in [0.15, 0.2) is 281 Å². The van der Waals surface area contributed by atoms with E-state index in [1.54, 1.807) is 0 Å². The summed E-state index contributed by atoms with van der Waals surface area (Å²) < 4.78 is 12.6. The average molecular weight is 1010 g/mol. The number of aromatic nitrogens is 4. The zero-order valence-electron chi connectivity index (χ0n) is 42.3. The van der Waals surface area contributed by atoms with Crippen molar-refractivity contribution in [1.29, 1.82) is 0 Å². The third-order valence-electron chi connectivity index (χ3n) is 14.5. The summed E-state index contributed by atoms with van der Waals surface area (Å²) in [6.45, 7) is 0. The lowest BCUT2D eigenvalue weighted by atomic mass is 9.94. The van der Waals surface area contributed by atoms with E-state index in [1.165, 1.54) is 5.70 Å². The van der Waals surface area contributed by atoms with Gasteiger partial charge in [0.1, 0.15) is 11.0 Å². The van der Waals surface area contributed by atoms with Gasteiger partial charge in [0.25, 0.3) is 0 Å². The normalized spacial score (nSPS) is 12.4. The number of nitrogens with zero attached hydrogens (tertiary/aromatic N) is 6. The number of allylic oxidation sites excluding steroid dienone is 4. The second-order valence-electron chi connectivity index (χ2n) is 19.4. The summed E-state index contributed by atoms with van der Waals surface area (Å²) >= 11 is 0. The van der Waals surface area contributed by atoms with Crippen molar-refractivity contribution >= 4 is 67.2 Å². The van der Waals surface area contributed by atoms with E-state index in [-0.39, 0.29) is 0 Å². The summed E-state index contributed by atoms with van der Waals surface area (Å²) in [5, 5.41) is 0. The molecular weight excluding hydrogens is 957 g/mol. The molecule has 0 radical (unpaired) electrons. The van der Waals surface area contributed by atoms with Gasteiger partial charge in [-0.3, -0.25) is 0 Å². The smallest absolute Gasteiger partial charge is 0.227 e. The molecule has 3 heterocycles. The molecule has 3 aromatic heterocycles. The van der Waals surface area contributed by atoms with E-state index >= 15 is 0 Å². The highest BCUT2D eigenvalue weighted by molar-refractivity contribution is 5.88. The molecule has 8 heteroatoms. The van der Waals surface area contributed by atoms with Gasteiger partial charge in [-0.25, -0.2) is 19.9 Å².